The number of ether oxygens (including phenoxy) is 1. The fraction of sp³-hybridized carbons (Fsp3) is 0.310. The Labute approximate surface area is 312 Å². The number of carbonyl (C=O) groups is 3. The number of fused-ring (bicyclic) bond motifs is 2. The van der Waals surface area contributed by atoms with Crippen LogP contribution in [0.15, 0.2) is 91.0 Å². The highest BCUT2D eigenvalue weighted by Gasteiger charge is 2.14. The number of nitrogens with one attached hydrogen (secondary N) is 2. The highest BCUT2D eigenvalue weighted by Crippen LogP contribution is 2.30. The molecule has 2 aromatic heterocycles. The van der Waals surface area contributed by atoms with Gasteiger partial charge in [-0.15, -0.1) is 0 Å². The van der Waals surface area contributed by atoms with Crippen LogP contribution < -0.4 is 15.4 Å². The van der Waals surface area contributed by atoms with Gasteiger partial charge in [0.05, 0.1) is 20.4 Å². The maximum Gasteiger partial charge on any atom is 0.311 e. The van der Waals surface area contributed by atoms with Crippen LogP contribution in [0.4, 0.5) is 10.3 Å². The molecule has 2 heterocycles. The number of hydrogen-bond donors (Lipinski definition) is 2. The first kappa shape index (κ1) is 36.8. The lowest BCUT2D eigenvalue weighted by Crippen LogP contribution is -2.12. The molecule has 0 aliphatic carbocycles. The Morgan fingerprint density at radius 1 is 0.615 bits per heavy atom. The van der Waals surface area contributed by atoms with Gasteiger partial charge in [-0.05, 0) is 97.8 Å². The summed E-state index contributed by atoms with van der Waals surface area (Å²) in [6.07, 6.45) is 12.0. The first-order chi connectivity index (χ1) is 25.4. The van der Waals surface area contributed by atoms with Crippen LogP contribution >= 0.6 is 22.7 Å². The van der Waals surface area contributed by atoms with Crippen LogP contribution in [-0.2, 0) is 17.6 Å². The van der Waals surface area contributed by atoms with Crippen molar-refractivity contribution in [1.82, 2.24) is 9.97 Å². The molecule has 52 heavy (non-hydrogen) atoms. The maximum atomic E-state index is 12.9. The quantitative estimate of drug-likeness (QED) is 0.0517. The van der Waals surface area contributed by atoms with Gasteiger partial charge in [-0.3, -0.25) is 25.0 Å². The third kappa shape index (κ3) is 10.3. The SMILES string of the molecule is CCCCCCc1ccc(C(=O)Nc2nc3c(CCCCCCCC(=O)Oc4ccc(C(=O)Nc5nc6ccccc6s5)cc4)cccc3s2)cc1. The number of carbonyl (C=O) groups excluding carboxylic acids is 3. The van der Waals surface area contributed by atoms with Crippen LogP contribution in [-0.4, -0.2) is 27.8 Å². The van der Waals surface area contributed by atoms with Gasteiger partial charge in [0.1, 0.15) is 5.75 Å². The van der Waals surface area contributed by atoms with Crippen molar-refractivity contribution < 1.29 is 19.1 Å². The van der Waals surface area contributed by atoms with E-state index in [9.17, 15) is 14.4 Å². The van der Waals surface area contributed by atoms with Gasteiger partial charge < -0.3 is 4.74 Å². The van der Waals surface area contributed by atoms with Gasteiger partial charge in [0.25, 0.3) is 11.8 Å². The molecule has 0 radical (unpaired) electrons. The van der Waals surface area contributed by atoms with E-state index in [4.69, 9.17) is 9.72 Å². The minimum absolute atomic E-state index is 0.138. The van der Waals surface area contributed by atoms with Crippen molar-refractivity contribution in [1.29, 1.82) is 0 Å². The molecule has 0 spiro atoms. The van der Waals surface area contributed by atoms with Gasteiger partial charge in [0.15, 0.2) is 10.3 Å². The fourth-order valence-corrected chi connectivity index (χ4v) is 7.85. The third-order valence-corrected chi connectivity index (χ3v) is 10.8. The molecule has 6 aromatic rings. The Morgan fingerprint density at radius 2 is 1.23 bits per heavy atom. The Bertz CT molecular complexity index is 2070. The number of hydrogen-bond acceptors (Lipinski definition) is 8. The van der Waals surface area contributed by atoms with Crippen molar-refractivity contribution >= 4 is 71.2 Å². The molecule has 268 valence electrons. The molecule has 0 bridgehead atoms. The summed E-state index contributed by atoms with van der Waals surface area (Å²) >= 11 is 2.92. The largest absolute Gasteiger partial charge is 0.427 e. The molecular weight excluding hydrogens is 689 g/mol. The van der Waals surface area contributed by atoms with E-state index in [0.29, 0.717) is 33.6 Å². The van der Waals surface area contributed by atoms with Crippen molar-refractivity contribution in [2.75, 3.05) is 10.6 Å². The van der Waals surface area contributed by atoms with Gasteiger partial charge in [-0.1, -0.05) is 105 Å². The van der Waals surface area contributed by atoms with Crippen LogP contribution in [0.1, 0.15) is 103 Å². The monoisotopic (exact) mass is 732 g/mol. The lowest BCUT2D eigenvalue weighted by atomic mass is 10.0. The molecule has 0 unspecified atom stereocenters. The van der Waals surface area contributed by atoms with Crippen LogP contribution in [0.3, 0.4) is 0 Å². The van der Waals surface area contributed by atoms with Crippen LogP contribution in [0.5, 0.6) is 5.75 Å². The number of aromatic nitrogens is 2. The summed E-state index contributed by atoms with van der Waals surface area (Å²) in [5, 5.41) is 7.00. The summed E-state index contributed by atoms with van der Waals surface area (Å²) in [6.45, 7) is 2.22. The smallest absolute Gasteiger partial charge is 0.311 e. The molecule has 0 fully saturated rings. The van der Waals surface area contributed by atoms with E-state index in [1.54, 1.807) is 24.3 Å². The predicted octanol–water partition coefficient (Wildman–Crippen LogP) is 11.0. The molecule has 8 nitrogen and oxygen atoms in total. The number of unbranched alkanes of at least 4 members (excludes halogenated alkanes) is 7. The number of aryl methyl sites for hydroxylation is 2. The summed E-state index contributed by atoms with van der Waals surface area (Å²) in [5.41, 5.74) is 5.35. The predicted molar refractivity (Wildman–Crippen MR) is 213 cm³/mol. The van der Waals surface area contributed by atoms with Crippen molar-refractivity contribution in [3.8, 4) is 5.75 Å². The number of thiazole rings is 2. The number of nitrogens with zero attached hydrogens (tertiary/aromatic N) is 2. The molecule has 2 amide bonds. The van der Waals surface area contributed by atoms with Gasteiger partial charge in [-0.2, -0.15) is 0 Å². The minimum Gasteiger partial charge on any atom is -0.427 e. The van der Waals surface area contributed by atoms with Crippen molar-refractivity contribution in [3.05, 3.63) is 113 Å². The van der Waals surface area contributed by atoms with Gasteiger partial charge in [-0.25, -0.2) is 9.97 Å². The van der Waals surface area contributed by atoms with E-state index in [0.717, 1.165) is 65.4 Å². The Balaban J connectivity index is 0.874. The molecule has 10 heteroatoms. The van der Waals surface area contributed by atoms with Crippen LogP contribution in [0.25, 0.3) is 20.4 Å². The Hall–Kier alpha value is -4.93. The summed E-state index contributed by atoms with van der Waals surface area (Å²) in [4.78, 5) is 47.3. The minimum atomic E-state index is -0.278. The number of anilines is 2. The molecule has 2 N–H and O–H groups in total. The number of benzene rings is 4. The Morgan fingerprint density at radius 3 is 1.98 bits per heavy atom. The summed E-state index contributed by atoms with van der Waals surface area (Å²) in [5.74, 6) is -0.262. The van der Waals surface area contributed by atoms with Crippen LogP contribution in [0.2, 0.25) is 0 Å². The number of para-hydroxylation sites is 2. The standard InChI is InChI=1S/C42H44N4O4S2/c1-2-3-4-8-14-29-21-23-31(24-22-29)39(48)46-42-44-38-30(16-13-19-36(38)52-42)15-9-6-5-7-10-20-37(47)50-33-27-25-32(26-28-33)40(49)45-41-43-34-17-11-12-18-35(34)51-41/h11-13,16-19,21-28H,2-10,14-15,20H2,1H3,(H,43,45,49)(H,44,46,48). The highest BCUT2D eigenvalue weighted by atomic mass is 32.1. The zero-order valence-electron chi connectivity index (χ0n) is 29.5. The third-order valence-electron chi connectivity index (χ3n) is 8.95. The second-order valence-corrected chi connectivity index (χ2v) is 15.0. The molecule has 0 saturated heterocycles. The lowest BCUT2D eigenvalue weighted by molar-refractivity contribution is -0.134. The van der Waals surface area contributed by atoms with Crippen molar-refractivity contribution in [3.63, 3.8) is 0 Å². The highest BCUT2D eigenvalue weighted by molar-refractivity contribution is 7.22. The van der Waals surface area contributed by atoms with E-state index in [2.05, 4.69) is 52.9 Å². The van der Waals surface area contributed by atoms with E-state index in [-0.39, 0.29) is 17.8 Å². The summed E-state index contributed by atoms with van der Waals surface area (Å²) in [7, 11) is 0. The van der Waals surface area contributed by atoms with E-state index in [1.807, 2.05) is 36.4 Å². The maximum absolute atomic E-state index is 12.9. The second kappa shape index (κ2) is 18.5. The molecule has 6 rings (SSSR count). The number of rotatable bonds is 18. The first-order valence-electron chi connectivity index (χ1n) is 18.2. The van der Waals surface area contributed by atoms with Gasteiger partial charge in [0.2, 0.25) is 0 Å². The molecule has 0 aliphatic rings. The van der Waals surface area contributed by atoms with Crippen molar-refractivity contribution in [2.24, 2.45) is 0 Å². The molecule has 0 saturated carbocycles. The van der Waals surface area contributed by atoms with Gasteiger partial charge in [0, 0.05) is 17.5 Å². The Kier molecular flexibility index (Phi) is 13.1. The molecule has 0 aliphatic heterocycles. The summed E-state index contributed by atoms with van der Waals surface area (Å²) in [6, 6.07) is 28.4. The van der Waals surface area contributed by atoms with E-state index < -0.39 is 0 Å². The number of esters is 1. The molecular formula is C42H44N4O4S2. The summed E-state index contributed by atoms with van der Waals surface area (Å²) < 4.78 is 7.57. The zero-order valence-corrected chi connectivity index (χ0v) is 31.1. The zero-order chi connectivity index (χ0) is 36.1. The topological polar surface area (TPSA) is 110 Å². The van der Waals surface area contributed by atoms with Gasteiger partial charge >= 0.3 is 5.97 Å². The fourth-order valence-electron chi connectivity index (χ4n) is 6.08. The van der Waals surface area contributed by atoms with E-state index >= 15 is 0 Å². The number of amides is 2. The van der Waals surface area contributed by atoms with Crippen molar-refractivity contribution in [2.45, 2.75) is 84.0 Å². The molecule has 4 aromatic carbocycles. The van der Waals surface area contributed by atoms with E-state index in [1.165, 1.54) is 59.5 Å². The lowest BCUT2D eigenvalue weighted by Gasteiger charge is -2.06. The molecule has 0 atom stereocenters. The van der Waals surface area contributed by atoms with Crippen LogP contribution in [0, 0.1) is 0 Å². The first-order valence-corrected chi connectivity index (χ1v) is 19.8. The second-order valence-electron chi connectivity index (χ2n) is 13.0. The average molecular weight is 733 g/mol. The average Bonchev–Trinajstić information content (AvgIpc) is 3.77. The normalized spacial score (nSPS) is 11.2.